The Kier molecular flexibility index (Phi) is 4.43. The van der Waals surface area contributed by atoms with Crippen LogP contribution in [0.3, 0.4) is 0 Å². The molecule has 0 spiro atoms. The van der Waals surface area contributed by atoms with Gasteiger partial charge in [-0.25, -0.2) is 4.79 Å². The minimum absolute atomic E-state index is 0.0580. The van der Waals surface area contributed by atoms with Crippen molar-refractivity contribution < 1.29 is 14.3 Å². The van der Waals surface area contributed by atoms with Crippen LogP contribution in [0.15, 0.2) is 42.6 Å². The number of carbonyl (C=O) groups is 2. The molecule has 152 valence electrons. The lowest BCUT2D eigenvalue weighted by Gasteiger charge is -2.30. The van der Waals surface area contributed by atoms with E-state index in [9.17, 15) is 9.59 Å². The molecule has 1 aromatic carbocycles. The summed E-state index contributed by atoms with van der Waals surface area (Å²) in [6, 6.07) is 11.0. The van der Waals surface area contributed by atoms with E-state index in [-0.39, 0.29) is 11.9 Å². The average Bonchev–Trinajstić information content (AvgIpc) is 3.27. The molecule has 0 unspecified atom stereocenters. The van der Waals surface area contributed by atoms with E-state index in [2.05, 4.69) is 10.3 Å². The predicted molar refractivity (Wildman–Crippen MR) is 117 cm³/mol. The van der Waals surface area contributed by atoms with Gasteiger partial charge in [0.05, 0.1) is 20.6 Å². The van der Waals surface area contributed by atoms with Crippen molar-refractivity contribution in [2.75, 3.05) is 20.1 Å². The van der Waals surface area contributed by atoms with Crippen LogP contribution >= 0.6 is 11.3 Å². The largest absolute Gasteiger partial charge is 0.456 e. The standard InChI is InChI=1S/C22H20N4O3S/c1-13-10-14-11-15(4-5-17(14)26(13)22(28)23-2)29-18-6-7-24-16-12-19(30-20(16)18)21(27)25-8-3-9-25/h4-7,10-12H,3,8-9H2,1-2H3,(H,23,28). The number of aromatic nitrogens is 2. The van der Waals surface area contributed by atoms with Gasteiger partial charge in [0.2, 0.25) is 0 Å². The molecule has 4 aromatic rings. The Morgan fingerprint density at radius 2 is 2.00 bits per heavy atom. The number of amides is 2. The molecule has 2 amide bonds. The maximum atomic E-state index is 12.6. The maximum absolute atomic E-state index is 12.6. The summed E-state index contributed by atoms with van der Waals surface area (Å²) < 4.78 is 8.65. The number of thiophene rings is 1. The molecule has 0 saturated carbocycles. The molecular formula is C22H20N4O3S. The monoisotopic (exact) mass is 420 g/mol. The van der Waals surface area contributed by atoms with E-state index in [1.165, 1.54) is 11.3 Å². The van der Waals surface area contributed by atoms with Gasteiger partial charge in [-0.3, -0.25) is 14.3 Å². The Bertz CT molecular complexity index is 1300. The highest BCUT2D eigenvalue weighted by molar-refractivity contribution is 7.21. The Balaban J connectivity index is 1.49. The van der Waals surface area contributed by atoms with Gasteiger partial charge in [-0.05, 0) is 43.7 Å². The van der Waals surface area contributed by atoms with Gasteiger partial charge in [0.1, 0.15) is 11.5 Å². The van der Waals surface area contributed by atoms with E-state index >= 15 is 0 Å². The fourth-order valence-electron chi connectivity index (χ4n) is 3.68. The number of nitrogens with zero attached hydrogens (tertiary/aromatic N) is 3. The van der Waals surface area contributed by atoms with Crippen LogP contribution in [0, 0.1) is 6.92 Å². The summed E-state index contributed by atoms with van der Waals surface area (Å²) in [5, 5.41) is 3.57. The number of hydrogen-bond donors (Lipinski definition) is 1. The highest BCUT2D eigenvalue weighted by atomic mass is 32.1. The van der Waals surface area contributed by atoms with Crippen LogP contribution in [-0.2, 0) is 0 Å². The molecule has 30 heavy (non-hydrogen) atoms. The normalized spacial score (nSPS) is 13.5. The van der Waals surface area contributed by atoms with E-state index in [0.717, 1.165) is 46.3 Å². The lowest BCUT2D eigenvalue weighted by atomic mass is 10.2. The van der Waals surface area contributed by atoms with Crippen molar-refractivity contribution in [3.8, 4) is 11.5 Å². The minimum Gasteiger partial charge on any atom is -0.456 e. The smallest absolute Gasteiger partial charge is 0.325 e. The number of pyridine rings is 1. The lowest BCUT2D eigenvalue weighted by Crippen LogP contribution is -2.41. The van der Waals surface area contributed by atoms with Gasteiger partial charge < -0.3 is 15.0 Å². The SMILES string of the molecule is CNC(=O)n1c(C)cc2cc(Oc3ccnc4cc(C(=O)N5CCC5)sc34)ccc21. The van der Waals surface area contributed by atoms with Crippen molar-refractivity contribution in [1.29, 1.82) is 0 Å². The van der Waals surface area contributed by atoms with Gasteiger partial charge >= 0.3 is 6.03 Å². The summed E-state index contributed by atoms with van der Waals surface area (Å²) in [6.45, 7) is 3.53. The highest BCUT2D eigenvalue weighted by Gasteiger charge is 2.24. The van der Waals surface area contributed by atoms with Crippen molar-refractivity contribution in [2.45, 2.75) is 13.3 Å². The van der Waals surface area contributed by atoms with Crippen LogP contribution < -0.4 is 10.1 Å². The predicted octanol–water partition coefficient (Wildman–Crippen LogP) is 4.39. The zero-order valence-corrected chi connectivity index (χ0v) is 17.5. The topological polar surface area (TPSA) is 76.5 Å². The van der Waals surface area contributed by atoms with Crippen LogP contribution in [0.5, 0.6) is 11.5 Å². The van der Waals surface area contributed by atoms with Crippen LogP contribution in [-0.4, -0.2) is 46.5 Å². The van der Waals surface area contributed by atoms with Gasteiger partial charge in [0, 0.05) is 43.5 Å². The first kappa shape index (κ1) is 18.6. The number of rotatable bonds is 3. The Morgan fingerprint density at radius 1 is 1.17 bits per heavy atom. The quantitative estimate of drug-likeness (QED) is 0.533. The van der Waals surface area contributed by atoms with Gasteiger partial charge in [-0.15, -0.1) is 11.3 Å². The molecule has 4 heterocycles. The second-order valence-corrected chi connectivity index (χ2v) is 8.33. The first-order valence-corrected chi connectivity index (χ1v) is 10.6. The van der Waals surface area contributed by atoms with Crippen molar-refractivity contribution in [1.82, 2.24) is 19.8 Å². The second kappa shape index (κ2) is 7.14. The summed E-state index contributed by atoms with van der Waals surface area (Å²) in [5.41, 5.74) is 2.42. The lowest BCUT2D eigenvalue weighted by molar-refractivity contribution is 0.0657. The molecule has 0 bridgehead atoms. The molecule has 0 radical (unpaired) electrons. The van der Waals surface area contributed by atoms with Gasteiger partial charge in [0.15, 0.2) is 0 Å². The molecular weight excluding hydrogens is 400 g/mol. The van der Waals surface area contributed by atoms with E-state index in [1.54, 1.807) is 17.8 Å². The number of carbonyl (C=O) groups excluding carboxylic acids is 2. The third kappa shape index (κ3) is 3.00. The van der Waals surface area contributed by atoms with Gasteiger partial charge in [-0.2, -0.15) is 0 Å². The molecule has 0 atom stereocenters. The number of aryl methyl sites for hydroxylation is 1. The number of likely N-dealkylation sites (tertiary alicyclic amines) is 1. The summed E-state index contributed by atoms with van der Waals surface area (Å²) in [6.07, 6.45) is 2.75. The van der Waals surface area contributed by atoms with Gasteiger partial charge in [0.25, 0.3) is 5.91 Å². The molecule has 5 rings (SSSR count). The fourth-order valence-corrected chi connectivity index (χ4v) is 4.71. The van der Waals surface area contributed by atoms with E-state index in [1.807, 2.05) is 48.2 Å². The van der Waals surface area contributed by atoms with Crippen molar-refractivity contribution in [2.24, 2.45) is 0 Å². The van der Waals surface area contributed by atoms with Crippen LogP contribution in [0.1, 0.15) is 21.8 Å². The minimum atomic E-state index is -0.176. The molecule has 1 aliphatic heterocycles. The van der Waals surface area contributed by atoms with Gasteiger partial charge in [-0.1, -0.05) is 0 Å². The number of hydrogen-bond acceptors (Lipinski definition) is 5. The third-order valence-electron chi connectivity index (χ3n) is 5.33. The van der Waals surface area contributed by atoms with Crippen molar-refractivity contribution >= 4 is 44.4 Å². The Labute approximate surface area is 176 Å². The average molecular weight is 420 g/mol. The summed E-state index contributed by atoms with van der Waals surface area (Å²) in [7, 11) is 1.61. The molecule has 0 aliphatic carbocycles. The molecule has 1 fully saturated rings. The second-order valence-electron chi connectivity index (χ2n) is 7.28. The van der Waals surface area contributed by atoms with Crippen LogP contribution in [0.4, 0.5) is 4.79 Å². The zero-order chi connectivity index (χ0) is 20.8. The molecule has 7 nitrogen and oxygen atoms in total. The summed E-state index contributed by atoms with van der Waals surface area (Å²) >= 11 is 1.41. The Morgan fingerprint density at radius 3 is 2.73 bits per heavy atom. The number of nitrogens with one attached hydrogen (secondary N) is 1. The van der Waals surface area contributed by atoms with E-state index < -0.39 is 0 Å². The van der Waals surface area contributed by atoms with Crippen LogP contribution in [0.2, 0.25) is 0 Å². The maximum Gasteiger partial charge on any atom is 0.325 e. The van der Waals surface area contributed by atoms with E-state index in [4.69, 9.17) is 4.74 Å². The first-order valence-electron chi connectivity index (χ1n) is 9.75. The molecule has 1 N–H and O–H groups in total. The Hall–Kier alpha value is -3.39. The molecule has 8 heteroatoms. The first-order chi connectivity index (χ1) is 14.5. The number of ether oxygens (including phenoxy) is 1. The highest BCUT2D eigenvalue weighted by Crippen LogP contribution is 2.36. The molecule has 3 aromatic heterocycles. The third-order valence-corrected chi connectivity index (χ3v) is 6.46. The zero-order valence-electron chi connectivity index (χ0n) is 16.6. The molecule has 1 saturated heterocycles. The van der Waals surface area contributed by atoms with Crippen LogP contribution in [0.25, 0.3) is 21.1 Å². The van der Waals surface area contributed by atoms with E-state index in [0.29, 0.717) is 16.4 Å². The summed E-state index contributed by atoms with van der Waals surface area (Å²) in [4.78, 5) is 31.6. The summed E-state index contributed by atoms with van der Waals surface area (Å²) in [5.74, 6) is 1.38. The number of benzene rings is 1. The number of fused-ring (bicyclic) bond motifs is 2. The molecule has 1 aliphatic rings. The van der Waals surface area contributed by atoms with Crippen molar-refractivity contribution in [3.05, 3.63) is 53.2 Å². The van der Waals surface area contributed by atoms with Crippen molar-refractivity contribution in [3.63, 3.8) is 0 Å². The fraction of sp³-hybridized carbons (Fsp3) is 0.227.